The molecule has 0 aliphatic rings. The molecule has 0 aliphatic heterocycles. The average molecular weight is 115 g/mol. The van der Waals surface area contributed by atoms with Gasteiger partial charge in [-0.15, -0.1) is 0 Å². The molecule has 0 amide bonds. The van der Waals surface area contributed by atoms with E-state index in [0.29, 0.717) is 13.0 Å². The Labute approximate surface area is 51.1 Å². The third-order valence-electron chi connectivity index (χ3n) is 0.418. The van der Waals surface area contributed by atoms with Crippen molar-refractivity contribution in [2.24, 2.45) is 0 Å². The van der Waals surface area contributed by atoms with Gasteiger partial charge in [-0.2, -0.15) is 5.26 Å². The zero-order valence-corrected chi connectivity index (χ0v) is 5.77. The number of methoxy groups -OCH3 is 1. The summed E-state index contributed by atoms with van der Waals surface area (Å²) in [5.74, 6) is 0. The van der Waals surface area contributed by atoms with E-state index in [-0.39, 0.29) is 0 Å². The van der Waals surface area contributed by atoms with Gasteiger partial charge in [0.05, 0.1) is 19.1 Å². The Morgan fingerprint density at radius 3 is 2.12 bits per heavy atom. The van der Waals surface area contributed by atoms with Gasteiger partial charge in [0.15, 0.2) is 0 Å². The van der Waals surface area contributed by atoms with E-state index in [1.807, 2.05) is 19.9 Å². The first-order chi connectivity index (χ1) is 3.91. The monoisotopic (exact) mass is 115 g/mol. The first kappa shape index (κ1) is 10.4. The SMILES string of the molecule is CC.COCCC#N. The molecule has 0 unspecified atom stereocenters. The maximum atomic E-state index is 7.87. The van der Waals surface area contributed by atoms with Crippen LogP contribution in [0.1, 0.15) is 20.3 Å². The number of nitrogens with zero attached hydrogens (tertiary/aromatic N) is 1. The molecule has 0 aromatic rings. The number of hydrogen-bond donors (Lipinski definition) is 0. The molecule has 0 fully saturated rings. The fraction of sp³-hybridized carbons (Fsp3) is 0.833. The van der Waals surface area contributed by atoms with Crippen molar-refractivity contribution in [1.29, 1.82) is 5.26 Å². The summed E-state index contributed by atoms with van der Waals surface area (Å²) < 4.78 is 4.56. The Hall–Kier alpha value is -0.550. The molecule has 0 aliphatic carbocycles. The normalized spacial score (nSPS) is 6.25. The predicted octanol–water partition coefficient (Wildman–Crippen LogP) is 1.57. The molecular formula is C6H13NO. The van der Waals surface area contributed by atoms with E-state index in [0.717, 1.165) is 0 Å². The molecule has 0 aromatic carbocycles. The number of ether oxygens (including phenoxy) is 1. The number of rotatable bonds is 2. The first-order valence-electron chi connectivity index (χ1n) is 2.77. The van der Waals surface area contributed by atoms with E-state index >= 15 is 0 Å². The van der Waals surface area contributed by atoms with Gasteiger partial charge in [0, 0.05) is 7.11 Å². The van der Waals surface area contributed by atoms with E-state index < -0.39 is 0 Å². The van der Waals surface area contributed by atoms with E-state index in [9.17, 15) is 0 Å². The van der Waals surface area contributed by atoms with Crippen molar-refractivity contribution in [2.75, 3.05) is 13.7 Å². The average Bonchev–Trinajstić information content (AvgIpc) is 1.88. The minimum absolute atomic E-state index is 0.497. The van der Waals surface area contributed by atoms with Crippen LogP contribution in [0.15, 0.2) is 0 Å². The highest BCUT2D eigenvalue weighted by Gasteiger charge is 1.73. The van der Waals surface area contributed by atoms with Gasteiger partial charge in [-0.3, -0.25) is 0 Å². The molecule has 0 bridgehead atoms. The van der Waals surface area contributed by atoms with Crippen LogP contribution in [0.3, 0.4) is 0 Å². The Morgan fingerprint density at radius 1 is 1.50 bits per heavy atom. The molecule has 0 spiro atoms. The first-order valence-corrected chi connectivity index (χ1v) is 2.77. The van der Waals surface area contributed by atoms with Crippen LogP contribution < -0.4 is 0 Å². The Morgan fingerprint density at radius 2 is 2.00 bits per heavy atom. The van der Waals surface area contributed by atoms with Gasteiger partial charge in [0.1, 0.15) is 0 Å². The Balaban J connectivity index is 0. The fourth-order valence-corrected chi connectivity index (χ4v) is 0.148. The lowest BCUT2D eigenvalue weighted by Gasteiger charge is -1.82. The van der Waals surface area contributed by atoms with Crippen LogP contribution in [0.2, 0.25) is 0 Å². The lowest BCUT2D eigenvalue weighted by Crippen LogP contribution is -1.82. The topological polar surface area (TPSA) is 33.0 Å². The van der Waals surface area contributed by atoms with Gasteiger partial charge in [0.25, 0.3) is 0 Å². The minimum atomic E-state index is 0.497. The molecule has 0 atom stereocenters. The molecule has 0 rings (SSSR count). The maximum absolute atomic E-state index is 7.87. The summed E-state index contributed by atoms with van der Waals surface area (Å²) >= 11 is 0. The predicted molar refractivity (Wildman–Crippen MR) is 33.5 cm³/mol. The van der Waals surface area contributed by atoms with E-state index in [2.05, 4.69) is 4.74 Å². The van der Waals surface area contributed by atoms with Crippen LogP contribution in [0, 0.1) is 11.3 Å². The number of nitriles is 1. The summed E-state index contributed by atoms with van der Waals surface area (Å²) in [5, 5.41) is 7.87. The molecule has 0 N–H and O–H groups in total. The second-order valence-electron chi connectivity index (χ2n) is 0.901. The van der Waals surface area contributed by atoms with Gasteiger partial charge in [-0.05, 0) is 0 Å². The van der Waals surface area contributed by atoms with Gasteiger partial charge in [-0.1, -0.05) is 13.8 Å². The highest BCUT2D eigenvalue weighted by Crippen LogP contribution is 1.71. The van der Waals surface area contributed by atoms with Crippen LogP contribution in [-0.4, -0.2) is 13.7 Å². The minimum Gasteiger partial charge on any atom is -0.384 e. The molecule has 0 saturated heterocycles. The summed E-state index contributed by atoms with van der Waals surface area (Å²) in [6.07, 6.45) is 0.497. The van der Waals surface area contributed by atoms with Crippen LogP contribution in [0.5, 0.6) is 0 Å². The third-order valence-corrected chi connectivity index (χ3v) is 0.418. The maximum Gasteiger partial charge on any atom is 0.0645 e. The molecule has 48 valence electrons. The van der Waals surface area contributed by atoms with Crippen LogP contribution in [0.4, 0.5) is 0 Å². The van der Waals surface area contributed by atoms with E-state index in [1.165, 1.54) is 0 Å². The molecule has 0 radical (unpaired) electrons. The molecule has 2 nitrogen and oxygen atoms in total. The fourth-order valence-electron chi connectivity index (χ4n) is 0.148. The van der Waals surface area contributed by atoms with Crippen molar-refractivity contribution >= 4 is 0 Å². The zero-order chi connectivity index (χ0) is 6.83. The van der Waals surface area contributed by atoms with Gasteiger partial charge in [-0.25, -0.2) is 0 Å². The second kappa shape index (κ2) is 16.1. The molecule has 8 heavy (non-hydrogen) atoms. The summed E-state index contributed by atoms with van der Waals surface area (Å²) in [6, 6.07) is 1.94. The summed E-state index contributed by atoms with van der Waals surface area (Å²) in [5.41, 5.74) is 0. The summed E-state index contributed by atoms with van der Waals surface area (Å²) in [7, 11) is 1.58. The lowest BCUT2D eigenvalue weighted by atomic mass is 10.5. The van der Waals surface area contributed by atoms with Crippen molar-refractivity contribution < 1.29 is 4.74 Å². The second-order valence-corrected chi connectivity index (χ2v) is 0.901. The van der Waals surface area contributed by atoms with Crippen molar-refractivity contribution in [3.8, 4) is 6.07 Å². The highest BCUT2D eigenvalue weighted by molar-refractivity contribution is 4.66. The van der Waals surface area contributed by atoms with Crippen LogP contribution >= 0.6 is 0 Å². The lowest BCUT2D eigenvalue weighted by molar-refractivity contribution is 0.205. The van der Waals surface area contributed by atoms with Crippen molar-refractivity contribution in [3.05, 3.63) is 0 Å². The third kappa shape index (κ3) is 18.0. The quantitative estimate of drug-likeness (QED) is 0.512. The zero-order valence-electron chi connectivity index (χ0n) is 5.77. The largest absolute Gasteiger partial charge is 0.384 e. The molecular weight excluding hydrogens is 102 g/mol. The molecule has 2 heteroatoms. The standard InChI is InChI=1S/C4H7NO.C2H6/c1-6-4-2-3-5;1-2/h2,4H2,1H3;1-2H3. The number of hydrogen-bond acceptors (Lipinski definition) is 2. The molecule has 0 heterocycles. The van der Waals surface area contributed by atoms with E-state index in [1.54, 1.807) is 7.11 Å². The van der Waals surface area contributed by atoms with Gasteiger partial charge < -0.3 is 4.74 Å². The molecule has 0 saturated carbocycles. The van der Waals surface area contributed by atoms with Gasteiger partial charge >= 0.3 is 0 Å². The summed E-state index contributed by atoms with van der Waals surface area (Å²) in [4.78, 5) is 0. The van der Waals surface area contributed by atoms with Crippen molar-refractivity contribution in [2.45, 2.75) is 20.3 Å². The van der Waals surface area contributed by atoms with Crippen LogP contribution in [0.25, 0.3) is 0 Å². The Kier molecular flexibility index (Phi) is 21.0. The van der Waals surface area contributed by atoms with Crippen molar-refractivity contribution in [1.82, 2.24) is 0 Å². The Bertz CT molecular complexity index is 56.0. The molecule has 0 aromatic heterocycles. The summed E-state index contributed by atoms with van der Waals surface area (Å²) in [6.45, 7) is 4.55. The van der Waals surface area contributed by atoms with E-state index in [4.69, 9.17) is 5.26 Å². The van der Waals surface area contributed by atoms with Gasteiger partial charge in [0.2, 0.25) is 0 Å². The highest BCUT2D eigenvalue weighted by atomic mass is 16.5. The van der Waals surface area contributed by atoms with Crippen molar-refractivity contribution in [3.63, 3.8) is 0 Å². The smallest absolute Gasteiger partial charge is 0.0645 e. The van der Waals surface area contributed by atoms with Crippen LogP contribution in [-0.2, 0) is 4.74 Å².